The number of hydrogen-bond acceptors (Lipinski definition) is 3. The van der Waals surface area contributed by atoms with E-state index in [1.807, 2.05) is 55.7 Å². The molecule has 0 saturated carbocycles. The SMILES string of the molecule is CCc1cccc(N(C)c2cc(Cl)cc(/N=C\N(C)CC)c2C)n1. The van der Waals surface area contributed by atoms with E-state index in [0.29, 0.717) is 5.02 Å². The number of benzene rings is 1. The zero-order valence-corrected chi connectivity index (χ0v) is 15.8. The summed E-state index contributed by atoms with van der Waals surface area (Å²) in [5, 5.41) is 0.667. The van der Waals surface area contributed by atoms with E-state index in [0.717, 1.165) is 41.4 Å². The smallest absolute Gasteiger partial charge is 0.132 e. The van der Waals surface area contributed by atoms with Gasteiger partial charge in [-0.3, -0.25) is 0 Å². The molecule has 0 unspecified atom stereocenters. The number of rotatable bonds is 6. The number of hydrogen-bond donors (Lipinski definition) is 0. The fourth-order valence-electron chi connectivity index (χ4n) is 2.35. The maximum atomic E-state index is 6.33. The maximum Gasteiger partial charge on any atom is 0.132 e. The minimum absolute atomic E-state index is 0.667. The lowest BCUT2D eigenvalue weighted by atomic mass is 10.1. The topological polar surface area (TPSA) is 31.7 Å². The van der Waals surface area contributed by atoms with Gasteiger partial charge in [-0.1, -0.05) is 24.6 Å². The summed E-state index contributed by atoms with van der Waals surface area (Å²) in [6.07, 6.45) is 2.74. The van der Waals surface area contributed by atoms with E-state index in [2.05, 4.69) is 30.7 Å². The lowest BCUT2D eigenvalue weighted by Crippen LogP contribution is -2.15. The molecule has 0 aliphatic carbocycles. The zero-order valence-electron chi connectivity index (χ0n) is 15.0. The Morgan fingerprint density at radius 2 is 1.96 bits per heavy atom. The molecule has 0 spiro atoms. The van der Waals surface area contributed by atoms with Crippen molar-refractivity contribution >= 4 is 35.1 Å². The summed E-state index contributed by atoms with van der Waals surface area (Å²) in [6, 6.07) is 9.93. The van der Waals surface area contributed by atoms with Gasteiger partial charge in [0.25, 0.3) is 0 Å². The van der Waals surface area contributed by atoms with Gasteiger partial charge in [0.2, 0.25) is 0 Å². The van der Waals surface area contributed by atoms with Crippen LogP contribution in [-0.4, -0.2) is 36.9 Å². The molecule has 1 aromatic heterocycles. The molecule has 2 rings (SSSR count). The van der Waals surface area contributed by atoms with Crippen LogP contribution in [0, 0.1) is 6.92 Å². The van der Waals surface area contributed by atoms with Gasteiger partial charge in [0.05, 0.1) is 12.0 Å². The molecular formula is C19H25ClN4. The molecule has 24 heavy (non-hydrogen) atoms. The number of pyridine rings is 1. The normalized spacial score (nSPS) is 11.1. The molecule has 1 heterocycles. The Morgan fingerprint density at radius 3 is 2.62 bits per heavy atom. The van der Waals surface area contributed by atoms with Gasteiger partial charge in [-0.25, -0.2) is 9.98 Å². The van der Waals surface area contributed by atoms with Crippen molar-refractivity contribution in [3.05, 3.63) is 46.6 Å². The molecule has 5 heteroatoms. The molecule has 128 valence electrons. The molecule has 4 nitrogen and oxygen atoms in total. The largest absolute Gasteiger partial charge is 0.366 e. The molecule has 1 aromatic carbocycles. The third-order valence-corrected chi connectivity index (χ3v) is 4.29. The van der Waals surface area contributed by atoms with E-state index < -0.39 is 0 Å². The first kappa shape index (κ1) is 18.3. The Hall–Kier alpha value is -2.07. The second-order valence-electron chi connectivity index (χ2n) is 5.79. The highest BCUT2D eigenvalue weighted by atomic mass is 35.5. The molecule has 0 aliphatic rings. The highest BCUT2D eigenvalue weighted by molar-refractivity contribution is 6.31. The Labute approximate surface area is 149 Å². The summed E-state index contributed by atoms with van der Waals surface area (Å²) in [5.41, 5.74) is 4.03. The van der Waals surface area contributed by atoms with E-state index in [1.165, 1.54) is 0 Å². The summed E-state index contributed by atoms with van der Waals surface area (Å²) < 4.78 is 0. The molecule has 0 saturated heterocycles. The number of nitrogens with zero attached hydrogens (tertiary/aromatic N) is 4. The first-order chi connectivity index (χ1) is 11.5. The summed E-state index contributed by atoms with van der Waals surface area (Å²) in [7, 11) is 4.00. The van der Waals surface area contributed by atoms with Crippen LogP contribution in [0.2, 0.25) is 5.02 Å². The van der Waals surface area contributed by atoms with Crippen molar-refractivity contribution in [2.75, 3.05) is 25.5 Å². The number of aromatic nitrogens is 1. The van der Waals surface area contributed by atoms with Gasteiger partial charge in [0.15, 0.2) is 0 Å². The van der Waals surface area contributed by atoms with Crippen molar-refractivity contribution in [1.82, 2.24) is 9.88 Å². The first-order valence-corrected chi connectivity index (χ1v) is 8.58. The third kappa shape index (κ3) is 4.26. The maximum absolute atomic E-state index is 6.33. The fourth-order valence-corrected chi connectivity index (χ4v) is 2.56. The van der Waals surface area contributed by atoms with Crippen molar-refractivity contribution < 1.29 is 0 Å². The molecule has 0 radical (unpaired) electrons. The average Bonchev–Trinajstić information content (AvgIpc) is 2.61. The quantitative estimate of drug-likeness (QED) is 0.546. The fraction of sp³-hybridized carbons (Fsp3) is 0.368. The average molecular weight is 345 g/mol. The third-order valence-electron chi connectivity index (χ3n) is 4.07. The second-order valence-corrected chi connectivity index (χ2v) is 6.22. The number of halogens is 1. The Morgan fingerprint density at radius 1 is 1.21 bits per heavy atom. The minimum atomic E-state index is 0.667. The van der Waals surface area contributed by atoms with Crippen LogP contribution in [0.25, 0.3) is 0 Å². The molecular weight excluding hydrogens is 320 g/mol. The molecule has 0 bridgehead atoms. The van der Waals surface area contributed by atoms with Crippen LogP contribution in [0.15, 0.2) is 35.3 Å². The van der Waals surface area contributed by atoms with Crippen molar-refractivity contribution in [2.24, 2.45) is 4.99 Å². The highest BCUT2D eigenvalue weighted by Crippen LogP contribution is 2.35. The van der Waals surface area contributed by atoms with E-state index in [1.54, 1.807) is 0 Å². The van der Waals surface area contributed by atoms with Gasteiger partial charge in [-0.05, 0) is 50.1 Å². The lowest BCUT2D eigenvalue weighted by molar-refractivity contribution is 0.552. The van der Waals surface area contributed by atoms with Gasteiger partial charge in [0.1, 0.15) is 5.82 Å². The van der Waals surface area contributed by atoms with E-state index in [4.69, 9.17) is 16.6 Å². The van der Waals surface area contributed by atoms with Gasteiger partial charge in [-0.15, -0.1) is 0 Å². The molecule has 0 aliphatic heterocycles. The van der Waals surface area contributed by atoms with Crippen LogP contribution in [0.3, 0.4) is 0 Å². The van der Waals surface area contributed by atoms with Gasteiger partial charge in [0, 0.05) is 37.0 Å². The van der Waals surface area contributed by atoms with Crippen LogP contribution in [0.1, 0.15) is 25.1 Å². The molecule has 0 amide bonds. The standard InChI is InChI=1S/C19H25ClN4/c1-6-16-9-8-10-19(22-16)24(5)18-12-15(20)11-17(14(18)3)21-13-23(4)7-2/h8-13H,6-7H2,1-5H3/b21-13-. The zero-order chi connectivity index (χ0) is 17.7. The number of aryl methyl sites for hydroxylation is 1. The lowest BCUT2D eigenvalue weighted by Gasteiger charge is -2.22. The van der Waals surface area contributed by atoms with E-state index in [9.17, 15) is 0 Å². The van der Waals surface area contributed by atoms with Crippen molar-refractivity contribution in [3.8, 4) is 0 Å². The van der Waals surface area contributed by atoms with Crippen LogP contribution in [0.4, 0.5) is 17.2 Å². The summed E-state index contributed by atoms with van der Waals surface area (Å²) >= 11 is 6.33. The van der Waals surface area contributed by atoms with Crippen molar-refractivity contribution in [3.63, 3.8) is 0 Å². The second kappa shape index (κ2) is 8.15. The molecule has 0 fully saturated rings. The molecule has 0 atom stereocenters. The number of aliphatic imine (C=N–C) groups is 1. The summed E-state index contributed by atoms with van der Waals surface area (Å²) in [6.45, 7) is 7.16. The van der Waals surface area contributed by atoms with E-state index in [-0.39, 0.29) is 0 Å². The van der Waals surface area contributed by atoms with Crippen molar-refractivity contribution in [1.29, 1.82) is 0 Å². The van der Waals surface area contributed by atoms with Gasteiger partial charge < -0.3 is 9.80 Å². The van der Waals surface area contributed by atoms with Gasteiger partial charge >= 0.3 is 0 Å². The predicted molar refractivity (Wildman–Crippen MR) is 104 cm³/mol. The predicted octanol–water partition coefficient (Wildman–Crippen LogP) is 4.99. The highest BCUT2D eigenvalue weighted by Gasteiger charge is 2.13. The van der Waals surface area contributed by atoms with Crippen molar-refractivity contribution in [2.45, 2.75) is 27.2 Å². The van der Waals surface area contributed by atoms with Crippen LogP contribution < -0.4 is 4.90 Å². The Bertz CT molecular complexity index is 727. The molecule has 0 N–H and O–H groups in total. The Balaban J connectivity index is 2.42. The van der Waals surface area contributed by atoms with Crippen LogP contribution in [0.5, 0.6) is 0 Å². The van der Waals surface area contributed by atoms with E-state index >= 15 is 0 Å². The van der Waals surface area contributed by atoms with Crippen LogP contribution in [-0.2, 0) is 6.42 Å². The Kier molecular flexibility index (Phi) is 6.21. The minimum Gasteiger partial charge on any atom is -0.366 e. The summed E-state index contributed by atoms with van der Waals surface area (Å²) in [4.78, 5) is 13.4. The van der Waals surface area contributed by atoms with Gasteiger partial charge in [-0.2, -0.15) is 0 Å². The van der Waals surface area contributed by atoms with Crippen LogP contribution >= 0.6 is 11.6 Å². The number of anilines is 2. The monoisotopic (exact) mass is 344 g/mol. The first-order valence-electron chi connectivity index (χ1n) is 8.20. The molecule has 2 aromatic rings. The summed E-state index contributed by atoms with van der Waals surface area (Å²) in [5.74, 6) is 0.903.